The van der Waals surface area contributed by atoms with Crippen molar-refractivity contribution in [1.82, 2.24) is 9.88 Å². The average molecular weight is 284 g/mol. The summed E-state index contributed by atoms with van der Waals surface area (Å²) in [5, 5.41) is 14.0. The second-order valence-corrected chi connectivity index (χ2v) is 6.39. The van der Waals surface area contributed by atoms with Crippen LogP contribution in [0.4, 0.5) is 0 Å². The van der Waals surface area contributed by atoms with Crippen LogP contribution in [-0.2, 0) is 0 Å². The Balaban J connectivity index is 1.78. The molecule has 110 valence electrons. The van der Waals surface area contributed by atoms with Gasteiger partial charge in [0.1, 0.15) is 0 Å². The van der Waals surface area contributed by atoms with Crippen LogP contribution in [0.3, 0.4) is 0 Å². The molecule has 21 heavy (non-hydrogen) atoms. The number of carboxylic acids is 1. The zero-order valence-electron chi connectivity index (χ0n) is 12.0. The van der Waals surface area contributed by atoms with E-state index in [1.165, 1.54) is 19.3 Å². The third-order valence-corrected chi connectivity index (χ3v) is 5.05. The van der Waals surface area contributed by atoms with E-state index in [0.29, 0.717) is 23.7 Å². The minimum absolute atomic E-state index is 0.416. The van der Waals surface area contributed by atoms with Crippen LogP contribution >= 0.6 is 0 Å². The van der Waals surface area contributed by atoms with E-state index in [-0.39, 0.29) is 0 Å². The van der Waals surface area contributed by atoms with E-state index in [0.717, 1.165) is 23.7 Å². The van der Waals surface area contributed by atoms with Gasteiger partial charge in [0.15, 0.2) is 0 Å². The Morgan fingerprint density at radius 1 is 1.19 bits per heavy atom. The number of hydrogen-bond donors (Lipinski definition) is 2. The smallest absolute Gasteiger partial charge is 0.337 e. The molecule has 0 aliphatic carbocycles. The molecule has 4 heteroatoms. The number of benzene rings is 1. The Hall–Kier alpha value is -1.81. The van der Waals surface area contributed by atoms with E-state index in [1.54, 1.807) is 0 Å². The van der Waals surface area contributed by atoms with E-state index in [1.807, 2.05) is 30.5 Å². The molecule has 2 atom stereocenters. The van der Waals surface area contributed by atoms with Crippen LogP contribution in [0, 0.1) is 0 Å². The summed E-state index contributed by atoms with van der Waals surface area (Å²) >= 11 is 0. The fourth-order valence-corrected chi connectivity index (χ4v) is 4.14. The number of rotatable bonds is 2. The highest BCUT2D eigenvalue weighted by molar-refractivity contribution is 6.03. The van der Waals surface area contributed by atoms with Crippen molar-refractivity contribution in [3.63, 3.8) is 0 Å². The predicted molar refractivity (Wildman–Crippen MR) is 81.7 cm³/mol. The first-order valence-corrected chi connectivity index (χ1v) is 7.81. The molecule has 2 unspecified atom stereocenters. The maximum absolute atomic E-state index is 11.5. The Kier molecular flexibility index (Phi) is 3.00. The molecule has 2 aromatic rings. The van der Waals surface area contributed by atoms with E-state index in [4.69, 9.17) is 0 Å². The second kappa shape index (κ2) is 4.88. The zero-order chi connectivity index (χ0) is 14.4. The van der Waals surface area contributed by atoms with Crippen LogP contribution in [0.25, 0.3) is 10.9 Å². The molecule has 2 saturated heterocycles. The normalized spacial score (nSPS) is 28.7. The molecule has 1 aromatic heterocycles. The summed E-state index contributed by atoms with van der Waals surface area (Å²) in [6, 6.07) is 9.47. The fourth-order valence-electron chi connectivity index (χ4n) is 4.14. The van der Waals surface area contributed by atoms with Crippen molar-refractivity contribution in [2.75, 3.05) is 0 Å². The predicted octanol–water partition coefficient (Wildman–Crippen LogP) is 3.19. The topological polar surface area (TPSA) is 54.3 Å². The molecule has 2 aliphatic heterocycles. The Morgan fingerprint density at radius 3 is 2.62 bits per heavy atom. The standard InChI is InChI=1S/C17H20N2O2/c20-17(21)15-10-19(16-7-2-1-6-14(15)16)13-8-11-4-3-5-12(9-13)18-11/h1-2,6-7,10-13,18H,3-5,8-9H2,(H,20,21). The van der Waals surface area contributed by atoms with Crippen molar-refractivity contribution in [3.05, 3.63) is 36.0 Å². The van der Waals surface area contributed by atoms with Crippen molar-refractivity contribution >= 4 is 16.9 Å². The minimum Gasteiger partial charge on any atom is -0.478 e. The molecule has 2 fully saturated rings. The van der Waals surface area contributed by atoms with Crippen molar-refractivity contribution in [1.29, 1.82) is 0 Å². The lowest BCUT2D eigenvalue weighted by molar-refractivity contribution is 0.0698. The molecule has 2 N–H and O–H groups in total. The maximum atomic E-state index is 11.5. The van der Waals surface area contributed by atoms with Crippen LogP contribution in [-0.4, -0.2) is 27.7 Å². The summed E-state index contributed by atoms with van der Waals surface area (Å²) < 4.78 is 2.21. The van der Waals surface area contributed by atoms with Gasteiger partial charge in [-0.25, -0.2) is 4.79 Å². The number of aromatic nitrogens is 1. The van der Waals surface area contributed by atoms with Gasteiger partial charge in [0, 0.05) is 35.2 Å². The monoisotopic (exact) mass is 284 g/mol. The summed E-state index contributed by atoms with van der Waals surface area (Å²) in [4.78, 5) is 11.5. The van der Waals surface area contributed by atoms with Gasteiger partial charge in [-0.05, 0) is 31.7 Å². The van der Waals surface area contributed by atoms with Gasteiger partial charge in [0.25, 0.3) is 0 Å². The number of piperidine rings is 2. The molecule has 3 heterocycles. The lowest BCUT2D eigenvalue weighted by Crippen LogP contribution is -2.48. The quantitative estimate of drug-likeness (QED) is 0.890. The van der Waals surface area contributed by atoms with Crippen LogP contribution in [0.1, 0.15) is 48.5 Å². The number of para-hydroxylation sites is 1. The number of carbonyl (C=O) groups is 1. The summed E-state index contributed by atoms with van der Waals surface area (Å²) in [7, 11) is 0. The molecule has 1 aromatic carbocycles. The van der Waals surface area contributed by atoms with E-state index in [9.17, 15) is 9.90 Å². The largest absolute Gasteiger partial charge is 0.478 e. The number of nitrogens with one attached hydrogen (secondary N) is 1. The maximum Gasteiger partial charge on any atom is 0.337 e. The molecule has 2 bridgehead atoms. The van der Waals surface area contributed by atoms with E-state index >= 15 is 0 Å². The summed E-state index contributed by atoms with van der Waals surface area (Å²) in [6.45, 7) is 0. The van der Waals surface area contributed by atoms with E-state index < -0.39 is 5.97 Å². The molecule has 0 radical (unpaired) electrons. The van der Waals surface area contributed by atoms with Gasteiger partial charge in [-0.2, -0.15) is 0 Å². The Morgan fingerprint density at radius 2 is 1.90 bits per heavy atom. The summed E-state index contributed by atoms with van der Waals surface area (Å²) in [5.41, 5.74) is 1.48. The van der Waals surface area contributed by atoms with Gasteiger partial charge in [-0.3, -0.25) is 0 Å². The fraction of sp³-hybridized carbons (Fsp3) is 0.471. The van der Waals surface area contributed by atoms with Gasteiger partial charge >= 0.3 is 5.97 Å². The summed E-state index contributed by atoms with van der Waals surface area (Å²) in [6.07, 6.45) is 7.87. The first-order valence-electron chi connectivity index (χ1n) is 7.81. The number of hydrogen-bond acceptors (Lipinski definition) is 2. The molecular formula is C17H20N2O2. The first kappa shape index (κ1) is 12.9. The van der Waals surface area contributed by atoms with Crippen LogP contribution in [0.2, 0.25) is 0 Å². The molecule has 4 rings (SSSR count). The SMILES string of the molecule is O=C(O)c1cn(C2CC3CCCC(C2)N3)c2ccccc12. The molecule has 0 spiro atoms. The Bertz CT molecular complexity index is 679. The van der Waals surface area contributed by atoms with Crippen LogP contribution < -0.4 is 5.32 Å². The zero-order valence-corrected chi connectivity index (χ0v) is 12.0. The van der Waals surface area contributed by atoms with Crippen molar-refractivity contribution in [3.8, 4) is 0 Å². The second-order valence-electron chi connectivity index (χ2n) is 6.39. The molecule has 4 nitrogen and oxygen atoms in total. The molecule has 2 aliphatic rings. The van der Waals surface area contributed by atoms with Crippen LogP contribution in [0.5, 0.6) is 0 Å². The Labute approximate surface area is 123 Å². The van der Waals surface area contributed by atoms with Crippen molar-refractivity contribution < 1.29 is 9.90 Å². The van der Waals surface area contributed by atoms with E-state index in [2.05, 4.69) is 9.88 Å². The number of nitrogens with zero attached hydrogens (tertiary/aromatic N) is 1. The molecule has 0 saturated carbocycles. The van der Waals surface area contributed by atoms with Gasteiger partial charge in [-0.1, -0.05) is 24.6 Å². The number of aromatic carboxylic acids is 1. The minimum atomic E-state index is -0.834. The molecule has 0 amide bonds. The van der Waals surface area contributed by atoms with Gasteiger partial charge < -0.3 is 15.0 Å². The first-order chi connectivity index (χ1) is 10.2. The van der Waals surface area contributed by atoms with Crippen molar-refractivity contribution in [2.45, 2.75) is 50.2 Å². The third kappa shape index (κ3) is 2.14. The third-order valence-electron chi connectivity index (χ3n) is 5.05. The highest BCUT2D eigenvalue weighted by Crippen LogP contribution is 2.36. The van der Waals surface area contributed by atoms with Gasteiger partial charge in [0.2, 0.25) is 0 Å². The van der Waals surface area contributed by atoms with Gasteiger partial charge in [-0.15, -0.1) is 0 Å². The average Bonchev–Trinajstić information content (AvgIpc) is 2.86. The van der Waals surface area contributed by atoms with Gasteiger partial charge in [0.05, 0.1) is 5.56 Å². The lowest BCUT2D eigenvalue weighted by Gasteiger charge is -2.41. The number of carboxylic acid groups (broad SMARTS) is 1. The summed E-state index contributed by atoms with van der Waals surface area (Å²) in [5.74, 6) is -0.834. The van der Waals surface area contributed by atoms with Crippen LogP contribution in [0.15, 0.2) is 30.5 Å². The lowest BCUT2D eigenvalue weighted by atomic mass is 9.84. The number of fused-ring (bicyclic) bond motifs is 3. The highest BCUT2D eigenvalue weighted by Gasteiger charge is 2.32. The van der Waals surface area contributed by atoms with Crippen molar-refractivity contribution in [2.24, 2.45) is 0 Å². The molecular weight excluding hydrogens is 264 g/mol. The highest BCUT2D eigenvalue weighted by atomic mass is 16.4.